The van der Waals surface area contributed by atoms with E-state index in [9.17, 15) is 4.79 Å². The number of aryl methyl sites for hydroxylation is 1. The van der Waals surface area contributed by atoms with Crippen molar-refractivity contribution in [2.24, 2.45) is 0 Å². The van der Waals surface area contributed by atoms with E-state index in [1.54, 1.807) is 29.8 Å². The van der Waals surface area contributed by atoms with Crippen LogP contribution in [-0.2, 0) is 4.74 Å². The summed E-state index contributed by atoms with van der Waals surface area (Å²) in [6, 6.07) is 5.02. The Balaban J connectivity index is 1.67. The van der Waals surface area contributed by atoms with Crippen molar-refractivity contribution in [1.29, 1.82) is 0 Å². The minimum atomic E-state index is -0.161. The second-order valence-electron chi connectivity index (χ2n) is 5.47. The molecular formula is C15H15N5O2S. The molecule has 2 unspecified atom stereocenters. The SMILES string of the molecule is Cc1ccc(=O)n(C2COCC2Nc2ncnc3sccc23)n1. The second-order valence-corrected chi connectivity index (χ2v) is 6.37. The summed E-state index contributed by atoms with van der Waals surface area (Å²) in [6.07, 6.45) is 1.54. The Kier molecular flexibility index (Phi) is 3.55. The number of thiophene rings is 1. The van der Waals surface area contributed by atoms with Crippen LogP contribution in [0.1, 0.15) is 11.7 Å². The highest BCUT2D eigenvalue weighted by molar-refractivity contribution is 7.16. The zero-order valence-electron chi connectivity index (χ0n) is 12.5. The van der Waals surface area contributed by atoms with E-state index < -0.39 is 0 Å². The fourth-order valence-corrected chi connectivity index (χ4v) is 3.49. The van der Waals surface area contributed by atoms with E-state index >= 15 is 0 Å². The Hall–Kier alpha value is -2.32. The van der Waals surface area contributed by atoms with Crippen molar-refractivity contribution in [2.45, 2.75) is 19.0 Å². The summed E-state index contributed by atoms with van der Waals surface area (Å²) in [4.78, 5) is 21.6. The van der Waals surface area contributed by atoms with Crippen LogP contribution in [0.2, 0.25) is 0 Å². The molecule has 1 aliphatic rings. The maximum absolute atomic E-state index is 12.1. The average Bonchev–Trinajstić information content (AvgIpc) is 3.19. The van der Waals surface area contributed by atoms with E-state index in [1.165, 1.54) is 4.68 Å². The maximum atomic E-state index is 12.1. The Morgan fingerprint density at radius 1 is 1.30 bits per heavy atom. The van der Waals surface area contributed by atoms with E-state index in [2.05, 4.69) is 20.4 Å². The lowest BCUT2D eigenvalue weighted by molar-refractivity contribution is 0.182. The van der Waals surface area contributed by atoms with Gasteiger partial charge < -0.3 is 10.1 Å². The molecule has 1 saturated heterocycles. The number of rotatable bonds is 3. The molecule has 0 saturated carbocycles. The third-order valence-corrected chi connectivity index (χ3v) is 4.73. The van der Waals surface area contributed by atoms with E-state index in [0.717, 1.165) is 21.7 Å². The zero-order chi connectivity index (χ0) is 15.8. The highest BCUT2D eigenvalue weighted by atomic mass is 32.1. The van der Waals surface area contributed by atoms with Crippen molar-refractivity contribution < 1.29 is 4.74 Å². The van der Waals surface area contributed by atoms with Crippen molar-refractivity contribution in [3.05, 3.63) is 46.0 Å². The quantitative estimate of drug-likeness (QED) is 0.786. The largest absolute Gasteiger partial charge is 0.377 e. The number of anilines is 1. The molecule has 3 aromatic heterocycles. The van der Waals surface area contributed by atoms with Crippen LogP contribution >= 0.6 is 11.3 Å². The Morgan fingerprint density at radius 3 is 3.13 bits per heavy atom. The van der Waals surface area contributed by atoms with Gasteiger partial charge in [-0.25, -0.2) is 14.6 Å². The molecule has 0 radical (unpaired) electrons. The molecule has 1 aliphatic heterocycles. The third kappa shape index (κ3) is 2.60. The normalized spacial score (nSPS) is 20.9. The van der Waals surface area contributed by atoms with Gasteiger partial charge in [0.2, 0.25) is 0 Å². The number of nitrogens with zero attached hydrogens (tertiary/aromatic N) is 4. The van der Waals surface area contributed by atoms with Gasteiger partial charge in [0.15, 0.2) is 0 Å². The van der Waals surface area contributed by atoms with Crippen LogP contribution in [0.25, 0.3) is 10.2 Å². The first-order valence-corrected chi connectivity index (χ1v) is 8.19. The monoisotopic (exact) mass is 329 g/mol. The van der Waals surface area contributed by atoms with Gasteiger partial charge in [-0.2, -0.15) is 5.10 Å². The smallest absolute Gasteiger partial charge is 0.267 e. The van der Waals surface area contributed by atoms with Gasteiger partial charge in [-0.3, -0.25) is 4.79 Å². The number of ether oxygens (including phenoxy) is 1. The summed E-state index contributed by atoms with van der Waals surface area (Å²) in [5, 5.41) is 10.7. The topological polar surface area (TPSA) is 81.9 Å². The van der Waals surface area contributed by atoms with Crippen molar-refractivity contribution in [1.82, 2.24) is 19.7 Å². The lowest BCUT2D eigenvalue weighted by Gasteiger charge is -2.21. The Morgan fingerprint density at radius 2 is 2.22 bits per heavy atom. The molecule has 2 atom stereocenters. The van der Waals surface area contributed by atoms with Gasteiger partial charge in [0.25, 0.3) is 5.56 Å². The molecule has 0 spiro atoms. The van der Waals surface area contributed by atoms with Crippen LogP contribution in [0.3, 0.4) is 0 Å². The molecule has 23 heavy (non-hydrogen) atoms. The van der Waals surface area contributed by atoms with E-state index in [-0.39, 0.29) is 17.6 Å². The van der Waals surface area contributed by atoms with Gasteiger partial charge in [0.05, 0.1) is 30.3 Å². The predicted molar refractivity (Wildman–Crippen MR) is 87.9 cm³/mol. The van der Waals surface area contributed by atoms with Crippen LogP contribution in [0.4, 0.5) is 5.82 Å². The molecule has 1 N–H and O–H groups in total. The third-order valence-electron chi connectivity index (χ3n) is 3.91. The molecule has 7 nitrogen and oxygen atoms in total. The summed E-state index contributed by atoms with van der Waals surface area (Å²) >= 11 is 1.57. The van der Waals surface area contributed by atoms with E-state index in [0.29, 0.717) is 13.2 Å². The number of hydrogen-bond donors (Lipinski definition) is 1. The second kappa shape index (κ2) is 5.71. The standard InChI is InChI=1S/C15H15N5O2S/c1-9-2-3-13(21)20(19-9)12-7-22-6-11(12)18-14-10-4-5-23-15(10)17-8-16-14/h2-5,8,11-12H,6-7H2,1H3,(H,16,17,18). The molecule has 0 aromatic carbocycles. The number of aromatic nitrogens is 4. The first-order chi connectivity index (χ1) is 11.2. The van der Waals surface area contributed by atoms with Crippen LogP contribution < -0.4 is 10.9 Å². The lowest BCUT2D eigenvalue weighted by Crippen LogP contribution is -2.37. The molecule has 0 bridgehead atoms. The predicted octanol–water partition coefficient (Wildman–Crippen LogP) is 1.61. The molecule has 3 aromatic rings. The Labute approximate surface area is 136 Å². The van der Waals surface area contributed by atoms with E-state index in [1.807, 2.05) is 18.4 Å². The van der Waals surface area contributed by atoms with Crippen LogP contribution in [0.5, 0.6) is 0 Å². The van der Waals surface area contributed by atoms with Gasteiger partial charge in [-0.05, 0) is 24.4 Å². The van der Waals surface area contributed by atoms with Crippen LogP contribution in [0, 0.1) is 6.92 Å². The first kappa shape index (κ1) is 14.3. The van der Waals surface area contributed by atoms with Crippen molar-refractivity contribution >= 4 is 27.4 Å². The maximum Gasteiger partial charge on any atom is 0.267 e. The van der Waals surface area contributed by atoms with Crippen molar-refractivity contribution in [3.63, 3.8) is 0 Å². The zero-order valence-corrected chi connectivity index (χ0v) is 13.3. The minimum Gasteiger partial charge on any atom is -0.377 e. The molecule has 4 rings (SSSR count). The highest BCUT2D eigenvalue weighted by Gasteiger charge is 2.32. The summed E-state index contributed by atoms with van der Waals surface area (Å²) in [6.45, 7) is 2.82. The molecule has 1 fully saturated rings. The lowest BCUT2D eigenvalue weighted by atomic mass is 10.1. The van der Waals surface area contributed by atoms with Gasteiger partial charge in [0.1, 0.15) is 23.0 Å². The van der Waals surface area contributed by atoms with E-state index in [4.69, 9.17) is 4.74 Å². The average molecular weight is 329 g/mol. The minimum absolute atomic E-state index is 0.0694. The van der Waals surface area contributed by atoms with Gasteiger partial charge in [-0.1, -0.05) is 0 Å². The first-order valence-electron chi connectivity index (χ1n) is 7.31. The van der Waals surface area contributed by atoms with Crippen molar-refractivity contribution in [3.8, 4) is 0 Å². The number of nitrogens with one attached hydrogen (secondary N) is 1. The number of fused-ring (bicyclic) bond motifs is 1. The fraction of sp³-hybridized carbons (Fsp3) is 0.333. The molecule has 4 heterocycles. The highest BCUT2D eigenvalue weighted by Crippen LogP contribution is 2.27. The molecule has 118 valence electrons. The molecule has 8 heteroatoms. The van der Waals surface area contributed by atoms with Gasteiger partial charge >= 0.3 is 0 Å². The summed E-state index contributed by atoms with van der Waals surface area (Å²) in [5.74, 6) is 0.762. The molecule has 0 amide bonds. The summed E-state index contributed by atoms with van der Waals surface area (Å²) in [7, 11) is 0. The van der Waals surface area contributed by atoms with Gasteiger partial charge in [0, 0.05) is 6.07 Å². The number of hydrogen-bond acceptors (Lipinski definition) is 7. The van der Waals surface area contributed by atoms with Gasteiger partial charge in [-0.15, -0.1) is 11.3 Å². The van der Waals surface area contributed by atoms with Crippen LogP contribution in [-0.4, -0.2) is 39.0 Å². The summed E-state index contributed by atoms with van der Waals surface area (Å²) in [5.41, 5.74) is 0.679. The Bertz CT molecular complexity index is 906. The van der Waals surface area contributed by atoms with Crippen molar-refractivity contribution in [2.75, 3.05) is 18.5 Å². The van der Waals surface area contributed by atoms with Crippen LogP contribution in [0.15, 0.2) is 34.7 Å². The fourth-order valence-electron chi connectivity index (χ4n) is 2.76. The molecular weight excluding hydrogens is 314 g/mol. The molecule has 0 aliphatic carbocycles. The summed E-state index contributed by atoms with van der Waals surface area (Å²) < 4.78 is 7.09.